The molecule has 1 aromatic rings. The van der Waals surface area contributed by atoms with Crippen molar-refractivity contribution >= 4 is 29.5 Å². The molecule has 0 spiro atoms. The van der Waals surface area contributed by atoms with Crippen LogP contribution in [0, 0.1) is 11.3 Å². The highest BCUT2D eigenvalue weighted by molar-refractivity contribution is 7.99. The molecule has 0 unspecified atom stereocenters. The fourth-order valence-electron chi connectivity index (χ4n) is 3.50. The Bertz CT molecular complexity index is 752. The zero-order valence-electron chi connectivity index (χ0n) is 15.0. The first-order valence-corrected chi connectivity index (χ1v) is 9.83. The quantitative estimate of drug-likeness (QED) is 0.761. The number of nitriles is 1. The van der Waals surface area contributed by atoms with Crippen LogP contribution in [0.15, 0.2) is 22.8 Å². The van der Waals surface area contributed by atoms with E-state index in [9.17, 15) is 19.6 Å². The summed E-state index contributed by atoms with van der Waals surface area (Å²) in [6.07, 6.45) is 4.48. The Morgan fingerprint density at radius 1 is 1.44 bits per heavy atom. The van der Waals surface area contributed by atoms with Crippen molar-refractivity contribution in [1.82, 2.24) is 10.2 Å². The Kier molecular flexibility index (Phi) is 5.75. The highest BCUT2D eigenvalue weighted by Gasteiger charge is 2.43. The summed E-state index contributed by atoms with van der Waals surface area (Å²) in [7, 11) is 0. The predicted molar refractivity (Wildman–Crippen MR) is 96.1 cm³/mol. The monoisotopic (exact) mass is 391 g/mol. The van der Waals surface area contributed by atoms with Gasteiger partial charge in [-0.25, -0.2) is 4.79 Å². The number of esters is 1. The van der Waals surface area contributed by atoms with Gasteiger partial charge in [0.25, 0.3) is 5.91 Å². The summed E-state index contributed by atoms with van der Waals surface area (Å²) < 4.78 is 10.5. The topological polar surface area (TPSA) is 113 Å². The van der Waals surface area contributed by atoms with Gasteiger partial charge in [-0.15, -0.1) is 11.8 Å². The number of rotatable bonds is 5. The van der Waals surface area contributed by atoms with E-state index in [0.717, 1.165) is 12.8 Å². The van der Waals surface area contributed by atoms with Gasteiger partial charge in [0.1, 0.15) is 22.7 Å². The van der Waals surface area contributed by atoms with Gasteiger partial charge >= 0.3 is 5.97 Å². The molecule has 2 heterocycles. The maximum atomic E-state index is 12.5. The number of nitrogens with one attached hydrogen (secondary N) is 1. The van der Waals surface area contributed by atoms with Crippen LogP contribution >= 0.6 is 11.8 Å². The fraction of sp³-hybridized carbons (Fsp3) is 0.556. The number of nitrogens with zero attached hydrogens (tertiary/aromatic N) is 2. The molecule has 0 bridgehead atoms. The molecule has 0 radical (unpaired) electrons. The molecule has 1 aliphatic heterocycles. The number of thioether (sulfide) groups is 1. The lowest BCUT2D eigenvalue weighted by molar-refractivity contribution is -0.156. The van der Waals surface area contributed by atoms with Crippen LogP contribution in [0.5, 0.6) is 0 Å². The third kappa shape index (κ3) is 4.11. The molecule has 2 atom stereocenters. The van der Waals surface area contributed by atoms with E-state index >= 15 is 0 Å². The van der Waals surface area contributed by atoms with Crippen molar-refractivity contribution in [3.8, 4) is 6.07 Å². The third-order valence-corrected chi connectivity index (χ3v) is 6.10. The summed E-state index contributed by atoms with van der Waals surface area (Å²) in [5.41, 5.74) is -0.859. The highest BCUT2D eigenvalue weighted by Crippen LogP contribution is 2.41. The fourth-order valence-corrected chi connectivity index (χ4v) is 4.92. The number of furan rings is 1. The van der Waals surface area contributed by atoms with Gasteiger partial charge in [0.05, 0.1) is 12.3 Å². The summed E-state index contributed by atoms with van der Waals surface area (Å²) in [5, 5.41) is 11.6. The maximum absolute atomic E-state index is 12.5. The minimum atomic E-state index is -0.859. The molecular weight excluding hydrogens is 370 g/mol. The largest absolute Gasteiger partial charge is 0.466 e. The average Bonchev–Trinajstić information content (AvgIpc) is 3.38. The van der Waals surface area contributed by atoms with Crippen LogP contribution in [0.2, 0.25) is 0 Å². The third-order valence-electron chi connectivity index (χ3n) is 4.82. The normalized spacial score (nSPS) is 23.6. The lowest BCUT2D eigenvalue weighted by atomic mass is 10.00. The van der Waals surface area contributed by atoms with Crippen molar-refractivity contribution in [2.45, 2.75) is 49.6 Å². The second kappa shape index (κ2) is 8.05. The second-order valence-electron chi connectivity index (χ2n) is 6.70. The highest BCUT2D eigenvalue weighted by atomic mass is 32.2. The van der Waals surface area contributed by atoms with E-state index in [2.05, 4.69) is 11.4 Å². The molecule has 3 rings (SSSR count). The van der Waals surface area contributed by atoms with E-state index in [1.807, 2.05) is 0 Å². The van der Waals surface area contributed by atoms with Gasteiger partial charge in [0.15, 0.2) is 6.61 Å². The van der Waals surface area contributed by atoms with Crippen LogP contribution in [0.3, 0.4) is 0 Å². The van der Waals surface area contributed by atoms with Gasteiger partial charge in [0, 0.05) is 12.7 Å². The zero-order chi connectivity index (χ0) is 19.4. The Morgan fingerprint density at radius 3 is 2.78 bits per heavy atom. The SMILES string of the molecule is CC(=O)N1[C@@H](C(=O)OCC(=O)NC2(C#N)CCCC2)CS[C@H]1c1ccco1. The van der Waals surface area contributed by atoms with Gasteiger partial charge in [-0.1, -0.05) is 0 Å². The zero-order valence-corrected chi connectivity index (χ0v) is 15.8. The molecule has 27 heavy (non-hydrogen) atoms. The molecule has 0 aromatic carbocycles. The first kappa shape index (κ1) is 19.3. The maximum Gasteiger partial charge on any atom is 0.330 e. The predicted octanol–water partition coefficient (Wildman–Crippen LogP) is 1.74. The summed E-state index contributed by atoms with van der Waals surface area (Å²) in [6.45, 7) is 0.909. The van der Waals surface area contributed by atoms with Crippen LogP contribution in [0.1, 0.15) is 43.7 Å². The van der Waals surface area contributed by atoms with Crippen molar-refractivity contribution < 1.29 is 23.5 Å². The summed E-state index contributed by atoms with van der Waals surface area (Å²) >= 11 is 1.40. The summed E-state index contributed by atoms with van der Waals surface area (Å²) in [5.74, 6) is -0.482. The van der Waals surface area contributed by atoms with E-state index in [1.165, 1.54) is 29.8 Å². The van der Waals surface area contributed by atoms with E-state index in [0.29, 0.717) is 24.4 Å². The molecular formula is C18H21N3O5S. The molecule has 1 saturated carbocycles. The molecule has 8 nitrogen and oxygen atoms in total. The minimum absolute atomic E-state index is 0.276. The number of carbonyl (C=O) groups is 3. The molecule has 9 heteroatoms. The van der Waals surface area contributed by atoms with Crippen molar-refractivity contribution in [3.63, 3.8) is 0 Å². The Labute approximate surface area is 161 Å². The number of ether oxygens (including phenoxy) is 1. The molecule has 2 aliphatic rings. The molecule has 1 aromatic heterocycles. The van der Waals surface area contributed by atoms with Crippen molar-refractivity contribution in [2.24, 2.45) is 0 Å². The van der Waals surface area contributed by atoms with E-state index < -0.39 is 35.4 Å². The van der Waals surface area contributed by atoms with E-state index in [1.54, 1.807) is 12.1 Å². The summed E-state index contributed by atoms with van der Waals surface area (Å²) in [6, 6.07) is 4.84. The van der Waals surface area contributed by atoms with E-state index in [-0.39, 0.29) is 5.91 Å². The Hall–Kier alpha value is -2.47. The lowest BCUT2D eigenvalue weighted by Crippen LogP contribution is -2.48. The van der Waals surface area contributed by atoms with Crippen LogP contribution < -0.4 is 5.32 Å². The number of carbonyl (C=O) groups excluding carboxylic acids is 3. The van der Waals surface area contributed by atoms with Gasteiger partial charge in [-0.3, -0.25) is 9.59 Å². The van der Waals surface area contributed by atoms with Crippen molar-refractivity contribution in [1.29, 1.82) is 5.26 Å². The van der Waals surface area contributed by atoms with E-state index in [4.69, 9.17) is 9.15 Å². The molecule has 1 saturated heterocycles. The van der Waals surface area contributed by atoms with Crippen LogP contribution in [-0.2, 0) is 19.1 Å². The van der Waals surface area contributed by atoms with Crippen LogP contribution in [0.4, 0.5) is 0 Å². The Morgan fingerprint density at radius 2 is 2.19 bits per heavy atom. The van der Waals surface area contributed by atoms with Gasteiger partial charge < -0.3 is 19.4 Å². The Balaban J connectivity index is 1.58. The molecule has 2 fully saturated rings. The summed E-state index contributed by atoms with van der Waals surface area (Å²) in [4.78, 5) is 38.0. The van der Waals surface area contributed by atoms with Gasteiger partial charge in [-0.05, 0) is 37.8 Å². The number of amides is 2. The van der Waals surface area contributed by atoms with Crippen LogP contribution in [0.25, 0.3) is 0 Å². The molecule has 1 N–H and O–H groups in total. The molecule has 2 amide bonds. The lowest BCUT2D eigenvalue weighted by Gasteiger charge is -2.26. The first-order valence-electron chi connectivity index (χ1n) is 8.78. The smallest absolute Gasteiger partial charge is 0.330 e. The second-order valence-corrected chi connectivity index (χ2v) is 7.81. The van der Waals surface area contributed by atoms with Gasteiger partial charge in [-0.2, -0.15) is 5.26 Å². The number of hydrogen-bond acceptors (Lipinski definition) is 7. The minimum Gasteiger partial charge on any atom is -0.466 e. The molecule has 144 valence electrons. The first-order chi connectivity index (χ1) is 13.0. The van der Waals surface area contributed by atoms with Gasteiger partial charge in [0.2, 0.25) is 5.91 Å². The standard InChI is InChI=1S/C18H21N3O5S/c1-12(22)21-13(10-27-16(21)14-5-4-8-25-14)17(24)26-9-15(23)20-18(11-19)6-2-3-7-18/h4-5,8,13,16H,2-3,6-7,9-10H2,1H3,(H,20,23)/t13-,16+/m1/s1. The van der Waals surface area contributed by atoms with Crippen LogP contribution in [-0.4, -0.2) is 46.6 Å². The molecule has 1 aliphatic carbocycles. The number of hydrogen-bond donors (Lipinski definition) is 1. The van der Waals surface area contributed by atoms with Crippen molar-refractivity contribution in [2.75, 3.05) is 12.4 Å². The van der Waals surface area contributed by atoms with Crippen molar-refractivity contribution in [3.05, 3.63) is 24.2 Å². The average molecular weight is 391 g/mol.